The first-order valence-electron chi connectivity index (χ1n) is 6.21. The Hall–Kier alpha value is -1.06. The maximum Gasteiger partial charge on any atom is 0.309 e. The van der Waals surface area contributed by atoms with Gasteiger partial charge in [-0.05, 0) is 19.3 Å². The summed E-state index contributed by atoms with van der Waals surface area (Å²) in [4.78, 5) is 22.4. The molecule has 0 aliphatic rings. The normalized spacial score (nSPS) is 11.9. The molecule has 4 nitrogen and oxygen atoms in total. The highest BCUT2D eigenvalue weighted by molar-refractivity contribution is 6.35. The summed E-state index contributed by atoms with van der Waals surface area (Å²) >= 11 is 0. The van der Waals surface area contributed by atoms with E-state index in [0.29, 0.717) is 19.0 Å². The van der Waals surface area contributed by atoms with Gasteiger partial charge in [0.2, 0.25) is 0 Å². The molecule has 16 heavy (non-hydrogen) atoms. The highest BCUT2D eigenvalue weighted by Gasteiger charge is 2.13. The molecule has 0 spiro atoms. The van der Waals surface area contributed by atoms with Crippen LogP contribution in [0, 0.1) is 5.92 Å². The molecular formula is C12H24N2O2. The third kappa shape index (κ3) is 6.43. The van der Waals surface area contributed by atoms with Gasteiger partial charge in [-0.2, -0.15) is 0 Å². The van der Waals surface area contributed by atoms with E-state index >= 15 is 0 Å². The number of amides is 2. The van der Waals surface area contributed by atoms with Gasteiger partial charge in [0.05, 0.1) is 0 Å². The SMILES string of the molecule is CCCCC(CC)CNC(=O)C(=O)NCC. The van der Waals surface area contributed by atoms with Gasteiger partial charge in [0.15, 0.2) is 0 Å². The minimum absolute atomic E-state index is 0.485. The zero-order chi connectivity index (χ0) is 12.4. The fourth-order valence-electron chi connectivity index (χ4n) is 1.50. The molecule has 4 heteroatoms. The van der Waals surface area contributed by atoms with Crippen LogP contribution < -0.4 is 10.6 Å². The smallest absolute Gasteiger partial charge is 0.309 e. The largest absolute Gasteiger partial charge is 0.348 e. The Bertz CT molecular complexity index is 217. The third-order valence-corrected chi connectivity index (χ3v) is 2.64. The van der Waals surface area contributed by atoms with Crippen molar-refractivity contribution in [2.75, 3.05) is 13.1 Å². The summed E-state index contributed by atoms with van der Waals surface area (Å²) in [6, 6.07) is 0. The number of nitrogens with one attached hydrogen (secondary N) is 2. The van der Waals surface area contributed by atoms with Crippen molar-refractivity contribution < 1.29 is 9.59 Å². The van der Waals surface area contributed by atoms with E-state index in [2.05, 4.69) is 24.5 Å². The first-order valence-corrected chi connectivity index (χ1v) is 6.21. The molecule has 2 amide bonds. The van der Waals surface area contributed by atoms with Crippen molar-refractivity contribution in [3.8, 4) is 0 Å². The van der Waals surface area contributed by atoms with Crippen LogP contribution in [0.1, 0.15) is 46.5 Å². The Kier molecular flexibility index (Phi) is 8.58. The predicted octanol–water partition coefficient (Wildman–Crippen LogP) is 1.46. The standard InChI is InChI=1S/C12H24N2O2/c1-4-7-8-10(5-2)9-14-12(16)11(15)13-6-3/h10H,4-9H2,1-3H3,(H,13,15)(H,14,16). The number of likely N-dealkylation sites (N-methyl/N-ethyl adjacent to an activating group) is 1. The van der Waals surface area contributed by atoms with Gasteiger partial charge in [0, 0.05) is 13.1 Å². The minimum Gasteiger partial charge on any atom is -0.348 e. The van der Waals surface area contributed by atoms with Crippen LogP contribution in [0.4, 0.5) is 0 Å². The van der Waals surface area contributed by atoms with Crippen LogP contribution in [-0.2, 0) is 9.59 Å². The summed E-state index contributed by atoms with van der Waals surface area (Å²) in [6.45, 7) is 7.14. The lowest BCUT2D eigenvalue weighted by Crippen LogP contribution is -2.41. The molecule has 0 aromatic heterocycles. The molecule has 0 aliphatic carbocycles. The van der Waals surface area contributed by atoms with Crippen molar-refractivity contribution in [1.29, 1.82) is 0 Å². The lowest BCUT2D eigenvalue weighted by molar-refractivity contribution is -0.139. The molecule has 0 heterocycles. The Morgan fingerprint density at radius 3 is 2.19 bits per heavy atom. The fraction of sp³-hybridized carbons (Fsp3) is 0.833. The quantitative estimate of drug-likeness (QED) is 0.648. The van der Waals surface area contributed by atoms with E-state index in [1.807, 2.05) is 0 Å². The topological polar surface area (TPSA) is 58.2 Å². The maximum absolute atomic E-state index is 11.3. The molecule has 0 aromatic rings. The van der Waals surface area contributed by atoms with Crippen LogP contribution in [0.5, 0.6) is 0 Å². The number of hydrogen-bond acceptors (Lipinski definition) is 2. The number of hydrogen-bond donors (Lipinski definition) is 2. The monoisotopic (exact) mass is 228 g/mol. The average molecular weight is 228 g/mol. The minimum atomic E-state index is -0.534. The van der Waals surface area contributed by atoms with Gasteiger partial charge >= 0.3 is 11.8 Å². The van der Waals surface area contributed by atoms with Gasteiger partial charge in [-0.25, -0.2) is 0 Å². The first kappa shape index (κ1) is 14.9. The van der Waals surface area contributed by atoms with Crippen molar-refractivity contribution in [3.05, 3.63) is 0 Å². The van der Waals surface area contributed by atoms with Gasteiger partial charge in [-0.15, -0.1) is 0 Å². The highest BCUT2D eigenvalue weighted by atomic mass is 16.2. The molecule has 94 valence electrons. The van der Waals surface area contributed by atoms with Crippen molar-refractivity contribution >= 4 is 11.8 Å². The van der Waals surface area contributed by atoms with Crippen LogP contribution in [0.2, 0.25) is 0 Å². The van der Waals surface area contributed by atoms with Gasteiger partial charge in [0.25, 0.3) is 0 Å². The Morgan fingerprint density at radius 1 is 1.06 bits per heavy atom. The molecule has 0 fully saturated rings. The molecule has 0 radical (unpaired) electrons. The predicted molar refractivity (Wildman–Crippen MR) is 65.0 cm³/mol. The number of carbonyl (C=O) groups is 2. The Morgan fingerprint density at radius 2 is 1.69 bits per heavy atom. The van der Waals surface area contributed by atoms with Crippen LogP contribution in [0.25, 0.3) is 0 Å². The molecule has 0 rings (SSSR count). The summed E-state index contributed by atoms with van der Waals surface area (Å²) in [5.41, 5.74) is 0. The third-order valence-electron chi connectivity index (χ3n) is 2.64. The van der Waals surface area contributed by atoms with E-state index in [4.69, 9.17) is 0 Å². The van der Waals surface area contributed by atoms with E-state index in [0.717, 1.165) is 12.8 Å². The average Bonchev–Trinajstić information content (AvgIpc) is 2.29. The van der Waals surface area contributed by atoms with Crippen LogP contribution in [0.15, 0.2) is 0 Å². The summed E-state index contributed by atoms with van der Waals surface area (Å²) < 4.78 is 0. The molecule has 0 aromatic carbocycles. The van der Waals surface area contributed by atoms with E-state index in [1.165, 1.54) is 12.8 Å². The second-order valence-corrected chi connectivity index (χ2v) is 3.99. The lowest BCUT2D eigenvalue weighted by Gasteiger charge is -2.14. The highest BCUT2D eigenvalue weighted by Crippen LogP contribution is 2.10. The number of carbonyl (C=O) groups excluding carboxylic acids is 2. The lowest BCUT2D eigenvalue weighted by atomic mass is 9.99. The van der Waals surface area contributed by atoms with E-state index in [9.17, 15) is 9.59 Å². The molecule has 0 saturated carbocycles. The second-order valence-electron chi connectivity index (χ2n) is 3.99. The number of unbranched alkanes of at least 4 members (excludes halogenated alkanes) is 1. The van der Waals surface area contributed by atoms with Crippen LogP contribution in [0.3, 0.4) is 0 Å². The molecule has 0 aliphatic heterocycles. The van der Waals surface area contributed by atoms with Gasteiger partial charge in [0.1, 0.15) is 0 Å². The summed E-state index contributed by atoms with van der Waals surface area (Å²) in [7, 11) is 0. The van der Waals surface area contributed by atoms with Gasteiger partial charge in [-0.3, -0.25) is 9.59 Å². The molecule has 2 N–H and O–H groups in total. The van der Waals surface area contributed by atoms with E-state index < -0.39 is 11.8 Å². The van der Waals surface area contributed by atoms with Crippen molar-refractivity contribution in [2.45, 2.75) is 46.5 Å². The summed E-state index contributed by atoms with van der Waals surface area (Å²) in [6.07, 6.45) is 4.49. The maximum atomic E-state index is 11.3. The van der Waals surface area contributed by atoms with E-state index in [1.54, 1.807) is 6.92 Å². The van der Waals surface area contributed by atoms with Crippen LogP contribution in [-0.4, -0.2) is 24.9 Å². The summed E-state index contributed by atoms with van der Waals surface area (Å²) in [5.74, 6) is -0.567. The van der Waals surface area contributed by atoms with Crippen molar-refractivity contribution in [1.82, 2.24) is 10.6 Å². The van der Waals surface area contributed by atoms with E-state index in [-0.39, 0.29) is 0 Å². The zero-order valence-corrected chi connectivity index (χ0v) is 10.6. The Labute approximate surface area is 98.2 Å². The molecule has 1 atom stereocenters. The second kappa shape index (κ2) is 9.19. The van der Waals surface area contributed by atoms with Gasteiger partial charge in [-0.1, -0.05) is 33.1 Å². The zero-order valence-electron chi connectivity index (χ0n) is 10.6. The fourth-order valence-corrected chi connectivity index (χ4v) is 1.50. The summed E-state index contributed by atoms with van der Waals surface area (Å²) in [5, 5.41) is 5.16. The van der Waals surface area contributed by atoms with Crippen molar-refractivity contribution in [2.24, 2.45) is 5.92 Å². The van der Waals surface area contributed by atoms with Crippen LogP contribution >= 0.6 is 0 Å². The first-order chi connectivity index (χ1) is 7.65. The Balaban J connectivity index is 3.82. The molecule has 0 saturated heterocycles. The molecule has 0 bridgehead atoms. The number of rotatable bonds is 7. The van der Waals surface area contributed by atoms with Crippen molar-refractivity contribution in [3.63, 3.8) is 0 Å². The molecular weight excluding hydrogens is 204 g/mol. The van der Waals surface area contributed by atoms with Gasteiger partial charge < -0.3 is 10.6 Å². The molecule has 1 unspecified atom stereocenters.